The number of nitrogens with zero attached hydrogens (tertiary/aromatic N) is 2. The quantitative estimate of drug-likeness (QED) is 0.477. The highest BCUT2D eigenvalue weighted by Crippen LogP contribution is 2.26. The highest BCUT2D eigenvalue weighted by atomic mass is 16.7. The zero-order chi connectivity index (χ0) is 20.5. The molecule has 28 heavy (non-hydrogen) atoms. The molecule has 1 aromatic carbocycles. The Morgan fingerprint density at radius 3 is 2.04 bits per heavy atom. The highest BCUT2D eigenvalue weighted by Gasteiger charge is 2.25. The van der Waals surface area contributed by atoms with Crippen molar-refractivity contribution < 1.29 is 19.1 Å². The SMILES string of the molecule is COC(CNC(=O)C(=O)NC[C@H](c1ccc(N(C)C)cc1)N1CCCC1)OC. The normalized spacial score (nSPS) is 15.5. The molecule has 2 amide bonds. The molecule has 1 aromatic rings. The molecule has 0 bridgehead atoms. The predicted molar refractivity (Wildman–Crippen MR) is 108 cm³/mol. The summed E-state index contributed by atoms with van der Waals surface area (Å²) >= 11 is 0. The molecule has 1 heterocycles. The Morgan fingerprint density at radius 2 is 1.54 bits per heavy atom. The molecule has 156 valence electrons. The third-order valence-corrected chi connectivity index (χ3v) is 4.99. The van der Waals surface area contributed by atoms with Crippen LogP contribution in [0.25, 0.3) is 0 Å². The third kappa shape index (κ3) is 6.19. The maximum absolute atomic E-state index is 12.2. The first kappa shape index (κ1) is 22.1. The van der Waals surface area contributed by atoms with Crippen molar-refractivity contribution in [2.45, 2.75) is 25.2 Å². The van der Waals surface area contributed by atoms with Gasteiger partial charge in [-0.05, 0) is 43.6 Å². The fourth-order valence-electron chi connectivity index (χ4n) is 3.29. The smallest absolute Gasteiger partial charge is 0.309 e. The number of anilines is 1. The van der Waals surface area contributed by atoms with Crippen molar-refractivity contribution in [3.8, 4) is 0 Å². The summed E-state index contributed by atoms with van der Waals surface area (Å²) in [6, 6.07) is 8.37. The zero-order valence-electron chi connectivity index (χ0n) is 17.2. The summed E-state index contributed by atoms with van der Waals surface area (Å²) in [5.41, 5.74) is 2.25. The van der Waals surface area contributed by atoms with Gasteiger partial charge in [0, 0.05) is 40.5 Å². The first-order valence-electron chi connectivity index (χ1n) is 9.59. The number of amides is 2. The van der Waals surface area contributed by atoms with Gasteiger partial charge in [-0.25, -0.2) is 0 Å². The van der Waals surface area contributed by atoms with Crippen LogP contribution in [0.15, 0.2) is 24.3 Å². The van der Waals surface area contributed by atoms with Crippen LogP contribution in [-0.4, -0.2) is 77.5 Å². The van der Waals surface area contributed by atoms with Crippen molar-refractivity contribution in [3.05, 3.63) is 29.8 Å². The van der Waals surface area contributed by atoms with Crippen LogP contribution in [0.3, 0.4) is 0 Å². The van der Waals surface area contributed by atoms with E-state index in [1.54, 1.807) is 0 Å². The average Bonchev–Trinajstić information content (AvgIpc) is 3.23. The number of rotatable bonds is 9. The Bertz CT molecular complexity index is 626. The van der Waals surface area contributed by atoms with Gasteiger partial charge in [0.1, 0.15) is 0 Å². The van der Waals surface area contributed by atoms with E-state index in [-0.39, 0.29) is 12.6 Å². The van der Waals surface area contributed by atoms with E-state index in [4.69, 9.17) is 9.47 Å². The summed E-state index contributed by atoms with van der Waals surface area (Å²) in [4.78, 5) is 28.6. The number of nitrogens with one attached hydrogen (secondary N) is 2. The van der Waals surface area contributed by atoms with Crippen molar-refractivity contribution in [2.75, 3.05) is 59.4 Å². The molecule has 8 nitrogen and oxygen atoms in total. The van der Waals surface area contributed by atoms with E-state index in [2.05, 4.69) is 39.8 Å². The molecule has 0 aliphatic carbocycles. The van der Waals surface area contributed by atoms with Crippen LogP contribution in [0.1, 0.15) is 24.4 Å². The largest absolute Gasteiger partial charge is 0.378 e. The maximum Gasteiger partial charge on any atom is 0.309 e. The minimum atomic E-state index is -0.692. The topological polar surface area (TPSA) is 83.1 Å². The van der Waals surface area contributed by atoms with Crippen LogP contribution in [0, 0.1) is 0 Å². The van der Waals surface area contributed by atoms with Crippen LogP contribution in [0.5, 0.6) is 0 Å². The number of likely N-dealkylation sites (tertiary alicyclic amines) is 1. The Morgan fingerprint density at radius 1 is 1.00 bits per heavy atom. The van der Waals surface area contributed by atoms with Crippen LogP contribution < -0.4 is 15.5 Å². The fourth-order valence-corrected chi connectivity index (χ4v) is 3.29. The second-order valence-electron chi connectivity index (χ2n) is 7.07. The first-order chi connectivity index (χ1) is 13.5. The number of methoxy groups -OCH3 is 2. The van der Waals surface area contributed by atoms with Gasteiger partial charge >= 0.3 is 11.8 Å². The molecule has 1 atom stereocenters. The number of carbonyl (C=O) groups is 2. The molecule has 0 unspecified atom stereocenters. The zero-order valence-corrected chi connectivity index (χ0v) is 17.2. The Kier molecular flexibility index (Phi) is 8.69. The van der Waals surface area contributed by atoms with Gasteiger partial charge in [-0.15, -0.1) is 0 Å². The molecule has 1 aliphatic heterocycles. The van der Waals surface area contributed by atoms with Gasteiger partial charge in [0.2, 0.25) is 0 Å². The molecule has 2 N–H and O–H groups in total. The number of hydrogen-bond acceptors (Lipinski definition) is 6. The third-order valence-electron chi connectivity index (χ3n) is 4.99. The summed E-state index contributed by atoms with van der Waals surface area (Å²) < 4.78 is 10.0. The molecule has 1 saturated heterocycles. The van der Waals surface area contributed by atoms with Crippen molar-refractivity contribution in [1.29, 1.82) is 0 Å². The van der Waals surface area contributed by atoms with Gasteiger partial charge in [-0.3, -0.25) is 14.5 Å². The van der Waals surface area contributed by atoms with E-state index >= 15 is 0 Å². The molecule has 8 heteroatoms. The van der Waals surface area contributed by atoms with Crippen molar-refractivity contribution in [1.82, 2.24) is 15.5 Å². The molecule has 1 aliphatic rings. The number of carbonyl (C=O) groups excluding carboxylic acids is 2. The van der Waals surface area contributed by atoms with Crippen LogP contribution in [0.4, 0.5) is 5.69 Å². The van der Waals surface area contributed by atoms with E-state index in [1.807, 2.05) is 19.0 Å². The lowest BCUT2D eigenvalue weighted by Gasteiger charge is -2.28. The molecular weight excluding hydrogens is 360 g/mol. The minimum Gasteiger partial charge on any atom is -0.378 e. The van der Waals surface area contributed by atoms with E-state index in [0.29, 0.717) is 6.54 Å². The second-order valence-corrected chi connectivity index (χ2v) is 7.07. The van der Waals surface area contributed by atoms with Gasteiger partial charge < -0.3 is 25.0 Å². The van der Waals surface area contributed by atoms with E-state index in [0.717, 1.165) is 37.2 Å². The predicted octanol–water partition coefficient (Wildman–Crippen LogP) is 0.741. The van der Waals surface area contributed by atoms with Gasteiger partial charge in [0.15, 0.2) is 6.29 Å². The molecule has 1 fully saturated rings. The lowest BCUT2D eigenvalue weighted by molar-refractivity contribution is -0.141. The van der Waals surface area contributed by atoms with Gasteiger partial charge in [-0.2, -0.15) is 0 Å². The summed E-state index contributed by atoms with van der Waals surface area (Å²) in [6.45, 7) is 2.48. The number of benzene rings is 1. The lowest BCUT2D eigenvalue weighted by Crippen LogP contribution is -2.45. The molecule has 0 spiro atoms. The second kappa shape index (κ2) is 11.0. The minimum absolute atomic E-state index is 0.0427. The monoisotopic (exact) mass is 392 g/mol. The van der Waals surface area contributed by atoms with Crippen molar-refractivity contribution in [3.63, 3.8) is 0 Å². The van der Waals surface area contributed by atoms with Crippen LogP contribution in [0.2, 0.25) is 0 Å². The van der Waals surface area contributed by atoms with Gasteiger partial charge in [0.25, 0.3) is 0 Å². The van der Waals surface area contributed by atoms with Gasteiger partial charge in [-0.1, -0.05) is 12.1 Å². The molecule has 2 rings (SSSR count). The Balaban J connectivity index is 1.97. The average molecular weight is 393 g/mol. The first-order valence-corrected chi connectivity index (χ1v) is 9.59. The standard InChI is InChI=1S/C20H32N4O4/c1-23(2)16-9-7-15(8-10-16)17(24-11-5-6-12-24)13-21-19(25)20(26)22-14-18(27-3)28-4/h7-10,17-18H,5-6,11-14H2,1-4H3,(H,21,25)(H,22,26)/t17-/m1/s1. The molecule has 0 saturated carbocycles. The van der Waals surface area contributed by atoms with E-state index < -0.39 is 18.1 Å². The fraction of sp³-hybridized carbons (Fsp3) is 0.600. The summed E-state index contributed by atoms with van der Waals surface area (Å²) in [5.74, 6) is -1.35. The summed E-state index contributed by atoms with van der Waals surface area (Å²) in [7, 11) is 6.96. The maximum atomic E-state index is 12.2. The highest BCUT2D eigenvalue weighted by molar-refractivity contribution is 6.35. The number of ether oxygens (including phenoxy) is 2. The molecule has 0 radical (unpaired) electrons. The van der Waals surface area contributed by atoms with Crippen molar-refractivity contribution in [2.24, 2.45) is 0 Å². The number of hydrogen-bond donors (Lipinski definition) is 2. The van der Waals surface area contributed by atoms with E-state index in [1.165, 1.54) is 14.2 Å². The summed E-state index contributed by atoms with van der Waals surface area (Å²) in [6.07, 6.45) is 1.72. The van der Waals surface area contributed by atoms with Gasteiger partial charge in [0.05, 0.1) is 12.6 Å². The van der Waals surface area contributed by atoms with Crippen molar-refractivity contribution >= 4 is 17.5 Å². The van der Waals surface area contributed by atoms with Crippen LogP contribution in [-0.2, 0) is 19.1 Å². The summed E-state index contributed by atoms with van der Waals surface area (Å²) in [5, 5.41) is 5.29. The Labute approximate surface area is 167 Å². The Hall–Kier alpha value is -2.16. The molecular formula is C20H32N4O4. The lowest BCUT2D eigenvalue weighted by atomic mass is 10.0. The van der Waals surface area contributed by atoms with Crippen LogP contribution >= 0.6 is 0 Å². The van der Waals surface area contributed by atoms with E-state index in [9.17, 15) is 9.59 Å². The molecule has 0 aromatic heterocycles.